The van der Waals surface area contributed by atoms with Crippen LogP contribution in [0.4, 0.5) is 5.69 Å². The summed E-state index contributed by atoms with van der Waals surface area (Å²) in [5, 5.41) is 6.56. The highest BCUT2D eigenvalue weighted by Crippen LogP contribution is 2.15. The Labute approximate surface area is 109 Å². The number of rotatable bonds is 4. The van der Waals surface area contributed by atoms with Crippen LogP contribution in [-0.4, -0.2) is 28.9 Å². The van der Waals surface area contributed by atoms with Gasteiger partial charge >= 0.3 is 5.97 Å². The maximum absolute atomic E-state index is 11.8. The average Bonchev–Trinajstić information content (AvgIpc) is 2.37. The van der Waals surface area contributed by atoms with Gasteiger partial charge in [-0.1, -0.05) is 17.5 Å². The Morgan fingerprint density at radius 1 is 1.78 bits per heavy atom. The van der Waals surface area contributed by atoms with Crippen molar-refractivity contribution in [2.45, 2.75) is 19.5 Å². The normalized spacial score (nSPS) is 11.4. The maximum atomic E-state index is 11.8. The minimum atomic E-state index is -0.587. The summed E-state index contributed by atoms with van der Waals surface area (Å²) >= 11 is 5.87. The molecule has 96 valence electrons. The van der Waals surface area contributed by atoms with E-state index in [2.05, 4.69) is 21.1 Å². The summed E-state index contributed by atoms with van der Waals surface area (Å²) in [6, 6.07) is -0.292. The van der Waals surface area contributed by atoms with E-state index in [0.717, 1.165) is 4.68 Å². The number of ether oxygens (including phenoxy) is 1. The molecule has 0 saturated carbocycles. The quantitative estimate of drug-likeness (QED) is 0.637. The van der Waals surface area contributed by atoms with Crippen LogP contribution in [0.25, 0.3) is 0 Å². The van der Waals surface area contributed by atoms with Crippen molar-refractivity contribution < 1.29 is 9.53 Å². The summed E-state index contributed by atoms with van der Waals surface area (Å²) in [4.78, 5) is 22.8. The number of terminal acetylenes is 1. The highest BCUT2D eigenvalue weighted by atomic mass is 35.5. The SMILES string of the molecule is C#CC(C)Nc1cnn(CC(=O)OC)c(=O)c1Cl. The number of anilines is 1. The van der Waals surface area contributed by atoms with Crippen molar-refractivity contribution in [1.82, 2.24) is 9.78 Å². The van der Waals surface area contributed by atoms with Crippen molar-refractivity contribution in [3.05, 3.63) is 21.6 Å². The number of carbonyl (C=O) groups is 1. The van der Waals surface area contributed by atoms with Crippen LogP contribution in [0.15, 0.2) is 11.0 Å². The van der Waals surface area contributed by atoms with Crippen LogP contribution in [0.1, 0.15) is 6.92 Å². The predicted molar refractivity (Wildman–Crippen MR) is 67.4 cm³/mol. The molecule has 1 aromatic rings. The summed E-state index contributed by atoms with van der Waals surface area (Å²) in [6.07, 6.45) is 6.54. The third-order valence-corrected chi connectivity index (χ3v) is 2.48. The van der Waals surface area contributed by atoms with Crippen LogP contribution in [-0.2, 0) is 16.1 Å². The lowest BCUT2D eigenvalue weighted by molar-refractivity contribution is -0.141. The van der Waals surface area contributed by atoms with Gasteiger partial charge in [0.15, 0.2) is 0 Å². The molecule has 0 amide bonds. The first-order valence-corrected chi connectivity index (χ1v) is 5.42. The summed E-state index contributed by atoms with van der Waals surface area (Å²) in [7, 11) is 1.22. The van der Waals surface area contributed by atoms with E-state index in [1.165, 1.54) is 13.3 Å². The first-order valence-electron chi connectivity index (χ1n) is 5.04. The molecule has 0 aliphatic heterocycles. The zero-order valence-electron chi connectivity index (χ0n) is 9.94. The number of hydrogen-bond donors (Lipinski definition) is 1. The van der Waals surface area contributed by atoms with Gasteiger partial charge < -0.3 is 10.1 Å². The van der Waals surface area contributed by atoms with E-state index in [1.807, 2.05) is 0 Å². The number of carbonyl (C=O) groups excluding carboxylic acids is 1. The molecule has 0 aliphatic rings. The molecule has 0 bridgehead atoms. The molecule has 1 N–H and O–H groups in total. The van der Waals surface area contributed by atoms with E-state index in [4.69, 9.17) is 18.0 Å². The topological polar surface area (TPSA) is 73.2 Å². The van der Waals surface area contributed by atoms with Crippen LogP contribution in [0.5, 0.6) is 0 Å². The number of hydrogen-bond acceptors (Lipinski definition) is 5. The van der Waals surface area contributed by atoms with Crippen LogP contribution in [0.3, 0.4) is 0 Å². The molecule has 1 rings (SSSR count). The summed E-state index contributed by atoms with van der Waals surface area (Å²) < 4.78 is 5.35. The second-order valence-corrected chi connectivity index (χ2v) is 3.82. The Morgan fingerprint density at radius 3 is 3.00 bits per heavy atom. The van der Waals surface area contributed by atoms with Gasteiger partial charge in [-0.15, -0.1) is 6.42 Å². The van der Waals surface area contributed by atoms with Crippen LogP contribution < -0.4 is 10.9 Å². The Hall–Kier alpha value is -2.00. The van der Waals surface area contributed by atoms with Gasteiger partial charge in [-0.25, -0.2) is 4.68 Å². The van der Waals surface area contributed by atoms with E-state index in [-0.39, 0.29) is 17.6 Å². The minimum absolute atomic E-state index is 0.0731. The number of nitrogens with one attached hydrogen (secondary N) is 1. The molecular weight excluding hydrogens is 258 g/mol. The molecule has 1 aromatic heterocycles. The monoisotopic (exact) mass is 269 g/mol. The van der Waals surface area contributed by atoms with Crippen molar-refractivity contribution in [3.63, 3.8) is 0 Å². The predicted octanol–water partition coefficient (Wildman–Crippen LogP) is 0.503. The smallest absolute Gasteiger partial charge is 0.327 e. The molecule has 1 atom stereocenters. The zero-order valence-corrected chi connectivity index (χ0v) is 10.7. The number of nitrogens with zero attached hydrogens (tertiary/aromatic N) is 2. The van der Waals surface area contributed by atoms with Gasteiger partial charge in [0.05, 0.1) is 25.0 Å². The largest absolute Gasteiger partial charge is 0.468 e. The molecule has 0 radical (unpaired) electrons. The van der Waals surface area contributed by atoms with Gasteiger partial charge in [0.2, 0.25) is 0 Å². The number of aromatic nitrogens is 2. The maximum Gasteiger partial charge on any atom is 0.327 e. The van der Waals surface area contributed by atoms with Crippen LogP contribution >= 0.6 is 11.6 Å². The first-order chi connectivity index (χ1) is 8.49. The zero-order chi connectivity index (χ0) is 13.7. The Bertz CT molecular complexity index is 547. The lowest BCUT2D eigenvalue weighted by Gasteiger charge is -2.11. The van der Waals surface area contributed by atoms with E-state index < -0.39 is 11.5 Å². The van der Waals surface area contributed by atoms with Gasteiger partial charge in [-0.05, 0) is 6.92 Å². The average molecular weight is 270 g/mol. The Kier molecular flexibility index (Phi) is 4.75. The van der Waals surface area contributed by atoms with Gasteiger partial charge in [0, 0.05) is 0 Å². The second-order valence-electron chi connectivity index (χ2n) is 3.44. The molecule has 0 fully saturated rings. The molecule has 1 unspecified atom stereocenters. The highest BCUT2D eigenvalue weighted by molar-refractivity contribution is 6.32. The standard InChI is InChI=1S/C11H12ClN3O3/c1-4-7(2)14-8-5-13-15(6-9(16)18-3)11(17)10(8)12/h1,5,7,14H,6H2,2-3H3. The van der Waals surface area contributed by atoms with Gasteiger partial charge in [0.1, 0.15) is 11.6 Å². The fourth-order valence-electron chi connectivity index (χ4n) is 1.14. The number of methoxy groups -OCH3 is 1. The fraction of sp³-hybridized carbons (Fsp3) is 0.364. The van der Waals surface area contributed by atoms with Gasteiger partial charge in [-0.2, -0.15) is 5.10 Å². The van der Waals surface area contributed by atoms with E-state index in [9.17, 15) is 9.59 Å². The van der Waals surface area contributed by atoms with Gasteiger partial charge in [-0.3, -0.25) is 9.59 Å². The molecular formula is C11H12ClN3O3. The van der Waals surface area contributed by atoms with Crippen LogP contribution in [0, 0.1) is 12.3 Å². The molecule has 0 aliphatic carbocycles. The molecule has 7 heteroatoms. The summed E-state index contributed by atoms with van der Waals surface area (Å²) in [6.45, 7) is 1.44. The van der Waals surface area contributed by atoms with Crippen molar-refractivity contribution in [2.75, 3.05) is 12.4 Å². The van der Waals surface area contributed by atoms with Crippen molar-refractivity contribution in [1.29, 1.82) is 0 Å². The second kappa shape index (κ2) is 6.07. The third-order valence-electron chi connectivity index (χ3n) is 2.11. The molecule has 6 nitrogen and oxygen atoms in total. The minimum Gasteiger partial charge on any atom is -0.468 e. The highest BCUT2D eigenvalue weighted by Gasteiger charge is 2.12. The van der Waals surface area contributed by atoms with Crippen molar-refractivity contribution in [2.24, 2.45) is 0 Å². The van der Waals surface area contributed by atoms with Crippen molar-refractivity contribution in [3.8, 4) is 12.3 Å². The molecule has 0 saturated heterocycles. The molecule has 0 spiro atoms. The third kappa shape index (κ3) is 3.25. The lowest BCUT2D eigenvalue weighted by Crippen LogP contribution is -2.28. The van der Waals surface area contributed by atoms with Crippen LogP contribution in [0.2, 0.25) is 5.02 Å². The molecule has 1 heterocycles. The molecule has 0 aromatic carbocycles. The van der Waals surface area contributed by atoms with E-state index in [1.54, 1.807) is 6.92 Å². The number of esters is 1. The lowest BCUT2D eigenvalue weighted by atomic mass is 10.3. The van der Waals surface area contributed by atoms with E-state index >= 15 is 0 Å². The van der Waals surface area contributed by atoms with Crippen molar-refractivity contribution >= 4 is 23.3 Å². The summed E-state index contributed by atoms with van der Waals surface area (Å²) in [5.41, 5.74) is -0.260. The Balaban J connectivity index is 3.03. The number of halogens is 1. The van der Waals surface area contributed by atoms with Gasteiger partial charge in [0.25, 0.3) is 5.56 Å². The molecule has 18 heavy (non-hydrogen) atoms. The fourth-order valence-corrected chi connectivity index (χ4v) is 1.34. The van der Waals surface area contributed by atoms with E-state index in [0.29, 0.717) is 5.69 Å². The first kappa shape index (κ1) is 14.1. The summed E-state index contributed by atoms with van der Waals surface area (Å²) in [5.74, 6) is 1.85. The Morgan fingerprint density at radius 2 is 2.44 bits per heavy atom.